The largest absolute Gasteiger partial charge is 0.368 e. The van der Waals surface area contributed by atoms with Gasteiger partial charge in [0.1, 0.15) is 18.9 Å². The molecule has 5 N–H and O–H groups in total. The van der Waals surface area contributed by atoms with Crippen LogP contribution < -0.4 is 26.8 Å². The summed E-state index contributed by atoms with van der Waals surface area (Å²) in [6.45, 7) is 4.15. The van der Waals surface area contributed by atoms with Gasteiger partial charge < -0.3 is 10.1 Å². The van der Waals surface area contributed by atoms with Crippen LogP contribution in [0.1, 0.15) is 45.4 Å². The van der Waals surface area contributed by atoms with Crippen molar-refractivity contribution in [1.82, 2.24) is 31.7 Å². The summed E-state index contributed by atoms with van der Waals surface area (Å²) in [5.74, 6) is -0.0980. The van der Waals surface area contributed by atoms with E-state index < -0.39 is 11.5 Å². The van der Waals surface area contributed by atoms with Gasteiger partial charge >= 0.3 is 0 Å². The first-order chi connectivity index (χ1) is 13.9. The highest BCUT2D eigenvalue weighted by molar-refractivity contribution is 6.21. The molecule has 6 fully saturated rings. The summed E-state index contributed by atoms with van der Waals surface area (Å²) in [4.78, 5) is 14.8. The zero-order chi connectivity index (χ0) is 20.2. The molecule has 4 aliphatic carbocycles. The van der Waals surface area contributed by atoms with E-state index in [0.717, 1.165) is 32.4 Å². The molecule has 0 aromatic carbocycles. The lowest BCUT2D eigenvalue weighted by Gasteiger charge is -2.71. The van der Waals surface area contributed by atoms with E-state index in [2.05, 4.69) is 38.6 Å². The van der Waals surface area contributed by atoms with Crippen molar-refractivity contribution >= 4 is 17.5 Å². The van der Waals surface area contributed by atoms with Crippen molar-refractivity contribution in [2.45, 2.75) is 92.7 Å². The highest BCUT2D eigenvalue weighted by Gasteiger charge is 2.69. The Bertz CT molecular complexity index is 636. The van der Waals surface area contributed by atoms with Crippen molar-refractivity contribution in [2.75, 3.05) is 19.7 Å². The first-order valence-electron chi connectivity index (χ1n) is 10.9. The average Bonchev–Trinajstić information content (AvgIpc) is 3.02. The summed E-state index contributed by atoms with van der Waals surface area (Å²) < 4.78 is 19.3. The first kappa shape index (κ1) is 20.4. The maximum atomic E-state index is 13.7. The number of hydrogen-bond acceptors (Lipinski definition) is 7. The van der Waals surface area contributed by atoms with Gasteiger partial charge in [0, 0.05) is 30.6 Å². The molecule has 0 aromatic heterocycles. The Morgan fingerprint density at radius 3 is 2.83 bits per heavy atom. The molecule has 29 heavy (non-hydrogen) atoms. The Kier molecular flexibility index (Phi) is 5.30. The van der Waals surface area contributed by atoms with Crippen LogP contribution in [0.5, 0.6) is 0 Å². The van der Waals surface area contributed by atoms with E-state index in [1.165, 1.54) is 0 Å². The predicted molar refractivity (Wildman–Crippen MR) is 107 cm³/mol. The third kappa shape index (κ3) is 3.79. The average molecular weight is 431 g/mol. The van der Waals surface area contributed by atoms with Crippen molar-refractivity contribution in [2.24, 2.45) is 0 Å². The normalized spacial score (nSPS) is 49.1. The number of piperazine rings is 1. The minimum Gasteiger partial charge on any atom is -0.368 e. The Morgan fingerprint density at radius 2 is 2.07 bits per heavy atom. The van der Waals surface area contributed by atoms with Gasteiger partial charge in [0.05, 0.1) is 23.8 Å². The second-order valence-electron chi connectivity index (χ2n) is 9.64. The third-order valence-corrected chi connectivity index (χ3v) is 7.83. The molecule has 8 nitrogen and oxygen atoms in total. The Hall–Kier alpha value is -0.550. The summed E-state index contributed by atoms with van der Waals surface area (Å²) in [7, 11) is 0. The molecule has 6 atom stereocenters. The molecule has 0 spiro atoms. The smallest absolute Gasteiger partial charge is 0.246 e. The summed E-state index contributed by atoms with van der Waals surface area (Å²) in [6.07, 6.45) is 3.94. The number of hydrogen-bond donors (Lipinski definition) is 5. The second-order valence-corrected chi connectivity index (χ2v) is 10.2. The molecule has 4 saturated carbocycles. The van der Waals surface area contributed by atoms with Gasteiger partial charge in [-0.1, -0.05) is 0 Å². The highest BCUT2D eigenvalue weighted by atomic mass is 35.5. The molecule has 164 valence electrons. The van der Waals surface area contributed by atoms with Gasteiger partial charge in [-0.05, 0) is 39.0 Å². The maximum Gasteiger partial charge on any atom is 0.246 e. The van der Waals surface area contributed by atoms with Crippen LogP contribution in [0.4, 0.5) is 4.39 Å². The topological polar surface area (TPSA) is 89.7 Å². The lowest BCUT2D eigenvalue weighted by molar-refractivity contribution is -0.151. The number of halogens is 2. The van der Waals surface area contributed by atoms with Crippen LogP contribution in [-0.2, 0) is 9.53 Å². The van der Waals surface area contributed by atoms with Crippen molar-refractivity contribution in [3.63, 3.8) is 0 Å². The van der Waals surface area contributed by atoms with Crippen LogP contribution in [0.2, 0.25) is 0 Å². The van der Waals surface area contributed by atoms with Crippen LogP contribution >= 0.6 is 11.6 Å². The molecule has 0 radical (unpaired) electrons. The van der Waals surface area contributed by atoms with Crippen LogP contribution in [-0.4, -0.2) is 77.7 Å². The second kappa shape index (κ2) is 7.55. The summed E-state index contributed by atoms with van der Waals surface area (Å²) in [5, 5.41) is 10.1. The Labute approximate surface area is 176 Å². The fraction of sp³-hybridized carbons (Fsp3) is 0.947. The number of carbonyl (C=O) groups is 1. The standard InChI is InChI=1S/C19H32ClFN6O2/c1-11-25-26-17-16(22-4-5-27(11)17)24-19-8-18(9-19,10-19)23-15(28)7-29-12-2-3-13(20)14(21)6-12/h11-14,16-17,22,24-26H,2-10H2,1H3,(H,23,28). The van der Waals surface area contributed by atoms with Gasteiger partial charge in [0.25, 0.3) is 0 Å². The lowest BCUT2D eigenvalue weighted by atomic mass is 9.44. The molecule has 0 aromatic rings. The van der Waals surface area contributed by atoms with Gasteiger partial charge in [0.2, 0.25) is 5.91 Å². The molecular weight excluding hydrogens is 399 g/mol. The van der Waals surface area contributed by atoms with E-state index in [1.54, 1.807) is 0 Å². The van der Waals surface area contributed by atoms with Crippen LogP contribution in [0.3, 0.4) is 0 Å². The minimum atomic E-state index is -1.04. The molecule has 6 aliphatic rings. The fourth-order valence-electron chi connectivity index (χ4n) is 5.93. The van der Waals surface area contributed by atoms with Crippen molar-refractivity contribution in [3.05, 3.63) is 0 Å². The van der Waals surface area contributed by atoms with E-state index in [1.807, 2.05) is 0 Å². The highest BCUT2D eigenvalue weighted by Crippen LogP contribution is 2.60. The number of hydrazine groups is 1. The molecule has 6 rings (SSSR count). The quantitative estimate of drug-likeness (QED) is 0.376. The van der Waals surface area contributed by atoms with Crippen LogP contribution in [0, 0.1) is 0 Å². The third-order valence-electron chi connectivity index (χ3n) is 7.34. The monoisotopic (exact) mass is 430 g/mol. The van der Waals surface area contributed by atoms with E-state index in [0.29, 0.717) is 19.0 Å². The molecule has 10 heteroatoms. The molecule has 2 heterocycles. The number of carbonyl (C=O) groups excluding carboxylic acids is 1. The Balaban J connectivity index is 1.05. The van der Waals surface area contributed by atoms with E-state index >= 15 is 0 Å². The first-order valence-corrected chi connectivity index (χ1v) is 11.3. The minimum absolute atomic E-state index is 0.00120. The molecule has 6 unspecified atom stereocenters. The molecular formula is C19H32ClFN6O2. The fourth-order valence-corrected chi connectivity index (χ4v) is 6.16. The van der Waals surface area contributed by atoms with Gasteiger partial charge in [-0.3, -0.25) is 20.3 Å². The SMILES string of the molecule is CC1NNC2C(NC34CC(NC(=O)COC5CCC(Cl)C(F)C5)(C3)C4)NCCN12. The lowest BCUT2D eigenvalue weighted by Crippen LogP contribution is -2.86. The van der Waals surface area contributed by atoms with E-state index in [9.17, 15) is 9.18 Å². The van der Waals surface area contributed by atoms with Gasteiger partial charge in [-0.25, -0.2) is 15.2 Å². The zero-order valence-corrected chi connectivity index (χ0v) is 17.6. The van der Waals surface area contributed by atoms with Crippen LogP contribution in [0.15, 0.2) is 0 Å². The molecule has 2 aliphatic heterocycles. The van der Waals surface area contributed by atoms with Gasteiger partial charge in [-0.15, -0.1) is 11.6 Å². The number of nitrogens with zero attached hydrogens (tertiary/aromatic N) is 1. The summed E-state index contributed by atoms with van der Waals surface area (Å²) >= 11 is 5.90. The van der Waals surface area contributed by atoms with E-state index in [-0.39, 0.29) is 48.4 Å². The number of rotatable bonds is 6. The van der Waals surface area contributed by atoms with E-state index in [4.69, 9.17) is 16.3 Å². The van der Waals surface area contributed by atoms with Crippen molar-refractivity contribution in [1.29, 1.82) is 0 Å². The molecule has 1 amide bonds. The van der Waals surface area contributed by atoms with Crippen molar-refractivity contribution in [3.8, 4) is 0 Å². The number of amides is 1. The maximum absolute atomic E-state index is 13.7. The summed E-state index contributed by atoms with van der Waals surface area (Å²) in [6, 6.07) is 0. The Morgan fingerprint density at radius 1 is 1.28 bits per heavy atom. The van der Waals surface area contributed by atoms with Crippen molar-refractivity contribution < 1.29 is 13.9 Å². The van der Waals surface area contributed by atoms with Gasteiger partial charge in [0.15, 0.2) is 0 Å². The number of alkyl halides is 2. The van der Waals surface area contributed by atoms with Gasteiger partial charge in [-0.2, -0.15) is 0 Å². The molecule has 2 saturated heterocycles. The van der Waals surface area contributed by atoms with Crippen LogP contribution in [0.25, 0.3) is 0 Å². The number of nitrogens with one attached hydrogen (secondary N) is 5. The zero-order valence-electron chi connectivity index (χ0n) is 16.8. The molecule has 2 bridgehead atoms. The number of ether oxygens (including phenoxy) is 1. The number of fused-ring (bicyclic) bond motifs is 1. The predicted octanol–water partition coefficient (Wildman–Crippen LogP) is -0.107. The summed E-state index contributed by atoms with van der Waals surface area (Å²) in [5.41, 5.74) is 6.69.